The summed E-state index contributed by atoms with van der Waals surface area (Å²) >= 11 is 0. The standard InChI is InChI=1S/C30H30NO4.HI/c1-19-7-9-20(10-8-19)5-4-6-23-22-11-12-26(32-2)30(33-3)25(22)17-31-14-13-21-15-27-28(35-18-34-27)16-24(21)29(23)31;/h7-12,15-17H,4-6,13-14,18H2,1-3H3;1H/q+1;/p-1. The Balaban J connectivity index is 0.00000267. The quantitative estimate of drug-likeness (QED) is 0.254. The molecular weight excluding hydrogens is 565 g/mol. The van der Waals surface area contributed by atoms with Crippen LogP contribution in [0.2, 0.25) is 0 Å². The van der Waals surface area contributed by atoms with E-state index in [0.717, 1.165) is 60.6 Å². The van der Waals surface area contributed by atoms with E-state index in [0.29, 0.717) is 0 Å². The van der Waals surface area contributed by atoms with Gasteiger partial charge in [0.1, 0.15) is 0 Å². The summed E-state index contributed by atoms with van der Waals surface area (Å²) in [6, 6.07) is 17.4. The number of benzene rings is 3. The molecule has 0 saturated heterocycles. The fraction of sp³-hybridized carbons (Fsp3) is 0.300. The Hall–Kier alpha value is -3.00. The molecule has 5 nitrogen and oxygen atoms in total. The number of nitrogens with zero attached hydrogens (tertiary/aromatic N) is 1. The first kappa shape index (κ1) is 24.7. The molecule has 4 aromatic rings. The van der Waals surface area contributed by atoms with E-state index in [-0.39, 0.29) is 30.8 Å². The molecule has 0 amide bonds. The number of hydrogen-bond acceptors (Lipinski definition) is 4. The summed E-state index contributed by atoms with van der Waals surface area (Å²) in [4.78, 5) is 0. The maximum absolute atomic E-state index is 5.84. The van der Waals surface area contributed by atoms with E-state index >= 15 is 0 Å². The van der Waals surface area contributed by atoms with Crippen LogP contribution in [0.3, 0.4) is 0 Å². The van der Waals surface area contributed by atoms with Gasteiger partial charge in [-0.1, -0.05) is 29.8 Å². The zero-order chi connectivity index (χ0) is 23.9. The Morgan fingerprint density at radius 2 is 1.67 bits per heavy atom. The van der Waals surface area contributed by atoms with Crippen LogP contribution >= 0.6 is 0 Å². The second kappa shape index (κ2) is 10.2. The van der Waals surface area contributed by atoms with Crippen molar-refractivity contribution in [1.82, 2.24) is 0 Å². The zero-order valence-electron chi connectivity index (χ0n) is 20.9. The Labute approximate surface area is 229 Å². The zero-order valence-corrected chi connectivity index (χ0v) is 23.1. The fourth-order valence-corrected chi connectivity index (χ4v) is 5.49. The van der Waals surface area contributed by atoms with Gasteiger partial charge in [0, 0.05) is 17.4 Å². The fourth-order valence-electron chi connectivity index (χ4n) is 5.49. The number of rotatable bonds is 6. The van der Waals surface area contributed by atoms with Crippen LogP contribution < -0.4 is 47.5 Å². The molecule has 0 fully saturated rings. The Morgan fingerprint density at radius 1 is 0.889 bits per heavy atom. The van der Waals surface area contributed by atoms with Gasteiger partial charge in [-0.25, -0.2) is 0 Å². The van der Waals surface area contributed by atoms with Crippen LogP contribution in [-0.4, -0.2) is 21.0 Å². The van der Waals surface area contributed by atoms with E-state index in [1.807, 2.05) is 6.07 Å². The maximum atomic E-state index is 5.84. The molecule has 0 radical (unpaired) electrons. The average Bonchev–Trinajstić information content (AvgIpc) is 3.34. The van der Waals surface area contributed by atoms with Crippen LogP contribution in [0.5, 0.6) is 23.0 Å². The molecule has 0 bridgehead atoms. The lowest BCUT2D eigenvalue weighted by Gasteiger charge is -2.21. The van der Waals surface area contributed by atoms with Crippen LogP contribution in [0.25, 0.3) is 22.0 Å². The lowest BCUT2D eigenvalue weighted by molar-refractivity contribution is -0.686. The van der Waals surface area contributed by atoms with Crippen molar-refractivity contribution in [3.63, 3.8) is 0 Å². The van der Waals surface area contributed by atoms with Crippen molar-refractivity contribution in [2.45, 2.75) is 39.2 Å². The third kappa shape index (κ3) is 4.25. The number of fused-ring (bicyclic) bond motifs is 5. The Kier molecular flexibility index (Phi) is 6.97. The van der Waals surface area contributed by atoms with Crippen LogP contribution in [-0.2, 0) is 25.8 Å². The monoisotopic (exact) mass is 595 g/mol. The summed E-state index contributed by atoms with van der Waals surface area (Å²) in [7, 11) is 3.41. The molecule has 2 aliphatic rings. The number of methoxy groups -OCH3 is 2. The van der Waals surface area contributed by atoms with Gasteiger partial charge in [0.05, 0.1) is 25.2 Å². The van der Waals surface area contributed by atoms with Crippen molar-refractivity contribution in [2.75, 3.05) is 21.0 Å². The number of hydrogen-bond donors (Lipinski definition) is 0. The molecule has 0 saturated carbocycles. The van der Waals surface area contributed by atoms with E-state index in [9.17, 15) is 0 Å². The molecular formula is C30H30INO4. The molecule has 6 heteroatoms. The summed E-state index contributed by atoms with van der Waals surface area (Å²) in [5.74, 6) is 3.22. The Morgan fingerprint density at radius 3 is 2.42 bits per heavy atom. The molecule has 36 heavy (non-hydrogen) atoms. The van der Waals surface area contributed by atoms with Crippen molar-refractivity contribution in [3.05, 3.63) is 77.0 Å². The summed E-state index contributed by atoms with van der Waals surface area (Å²) in [6.07, 6.45) is 6.23. The van der Waals surface area contributed by atoms with E-state index in [2.05, 4.69) is 60.2 Å². The van der Waals surface area contributed by atoms with Crippen molar-refractivity contribution in [1.29, 1.82) is 0 Å². The minimum absolute atomic E-state index is 0. The molecule has 0 atom stereocenters. The van der Waals surface area contributed by atoms with Crippen LogP contribution in [0.15, 0.2) is 54.7 Å². The van der Waals surface area contributed by atoms with Gasteiger partial charge in [0.15, 0.2) is 35.7 Å². The van der Waals surface area contributed by atoms with Gasteiger partial charge < -0.3 is 42.9 Å². The second-order valence-electron chi connectivity index (χ2n) is 9.36. The van der Waals surface area contributed by atoms with Crippen molar-refractivity contribution in [2.24, 2.45) is 0 Å². The number of halogens is 1. The Bertz CT molecular complexity index is 1430. The van der Waals surface area contributed by atoms with Gasteiger partial charge >= 0.3 is 0 Å². The highest BCUT2D eigenvalue weighted by Crippen LogP contribution is 2.43. The molecule has 0 N–H and O–H groups in total. The molecule has 3 aromatic carbocycles. The number of ether oxygens (including phenoxy) is 4. The lowest BCUT2D eigenvalue weighted by Crippen LogP contribution is -3.00. The largest absolute Gasteiger partial charge is 1.00 e. The number of aryl methyl sites for hydroxylation is 5. The summed E-state index contributed by atoms with van der Waals surface area (Å²) in [5, 5.41) is 2.30. The average molecular weight is 595 g/mol. The highest BCUT2D eigenvalue weighted by molar-refractivity contribution is 5.95. The van der Waals surface area contributed by atoms with Gasteiger partial charge in [0.2, 0.25) is 12.5 Å². The van der Waals surface area contributed by atoms with Crippen molar-refractivity contribution in [3.8, 4) is 34.3 Å². The molecule has 6 rings (SSSR count). The predicted molar refractivity (Wildman–Crippen MR) is 136 cm³/mol. The SMILES string of the molecule is COc1ccc2c(CCCc3ccc(C)cc3)c3[n+](cc2c1OC)CCc1cc2c(cc1-3)OCO2.[I-]. The topological polar surface area (TPSA) is 40.8 Å². The summed E-state index contributed by atoms with van der Waals surface area (Å²) in [5.41, 5.74) is 7.84. The minimum atomic E-state index is 0. The first-order valence-corrected chi connectivity index (χ1v) is 12.2. The van der Waals surface area contributed by atoms with Crippen molar-refractivity contribution >= 4 is 10.8 Å². The minimum Gasteiger partial charge on any atom is -1.00 e. The van der Waals surface area contributed by atoms with E-state index in [1.54, 1.807) is 14.2 Å². The third-order valence-electron chi connectivity index (χ3n) is 7.26. The van der Waals surface area contributed by atoms with E-state index in [1.165, 1.54) is 38.9 Å². The highest BCUT2D eigenvalue weighted by Gasteiger charge is 2.32. The van der Waals surface area contributed by atoms with Crippen LogP contribution in [0, 0.1) is 6.92 Å². The lowest BCUT2D eigenvalue weighted by atomic mass is 9.89. The molecule has 0 spiro atoms. The normalized spacial score (nSPS) is 13.1. The van der Waals surface area contributed by atoms with Gasteiger partial charge in [0.25, 0.3) is 0 Å². The molecule has 2 aliphatic heterocycles. The van der Waals surface area contributed by atoms with Gasteiger partial charge in [-0.2, -0.15) is 4.57 Å². The molecule has 1 aromatic heterocycles. The van der Waals surface area contributed by atoms with Gasteiger partial charge in [-0.3, -0.25) is 0 Å². The van der Waals surface area contributed by atoms with Gasteiger partial charge in [-0.15, -0.1) is 0 Å². The number of aromatic nitrogens is 1. The van der Waals surface area contributed by atoms with E-state index in [4.69, 9.17) is 18.9 Å². The highest BCUT2D eigenvalue weighted by atomic mass is 127. The van der Waals surface area contributed by atoms with Crippen LogP contribution in [0.4, 0.5) is 0 Å². The van der Waals surface area contributed by atoms with E-state index < -0.39 is 0 Å². The summed E-state index contributed by atoms with van der Waals surface area (Å²) < 4.78 is 25.3. The molecule has 186 valence electrons. The summed E-state index contributed by atoms with van der Waals surface area (Å²) in [6.45, 7) is 3.33. The molecule has 0 aliphatic carbocycles. The predicted octanol–water partition coefficient (Wildman–Crippen LogP) is 2.58. The third-order valence-corrected chi connectivity index (χ3v) is 7.26. The molecule has 3 heterocycles. The second-order valence-corrected chi connectivity index (χ2v) is 9.36. The molecule has 0 unspecified atom stereocenters. The smallest absolute Gasteiger partial charge is 0.231 e. The number of pyridine rings is 1. The maximum Gasteiger partial charge on any atom is 0.231 e. The van der Waals surface area contributed by atoms with Crippen LogP contribution in [0.1, 0.15) is 28.7 Å². The van der Waals surface area contributed by atoms with Gasteiger partial charge in [-0.05, 0) is 61.6 Å². The first-order valence-electron chi connectivity index (χ1n) is 12.2. The van der Waals surface area contributed by atoms with Crippen molar-refractivity contribution < 1.29 is 47.5 Å². The first-order chi connectivity index (χ1) is 17.2.